The Morgan fingerprint density at radius 2 is 2.38 bits per heavy atom. The van der Waals surface area contributed by atoms with Gasteiger partial charge in [-0.05, 0) is 12.1 Å². The number of hydrogen-bond donors (Lipinski definition) is 1. The van der Waals surface area contributed by atoms with Crippen molar-refractivity contribution in [2.75, 3.05) is 11.9 Å². The van der Waals surface area contributed by atoms with Crippen LogP contribution >= 0.6 is 12.4 Å². The van der Waals surface area contributed by atoms with E-state index in [0.29, 0.717) is 12.2 Å². The third-order valence-corrected chi connectivity index (χ3v) is 1.89. The van der Waals surface area contributed by atoms with Crippen molar-refractivity contribution in [2.24, 2.45) is 4.99 Å². The second-order valence-corrected chi connectivity index (χ2v) is 2.95. The van der Waals surface area contributed by atoms with Crippen LogP contribution in [0.3, 0.4) is 0 Å². The highest BCUT2D eigenvalue weighted by Gasteiger charge is 2.10. The smallest absolute Gasteiger partial charge is 0.306 e. The van der Waals surface area contributed by atoms with Crippen molar-refractivity contribution >= 4 is 30.3 Å². The van der Waals surface area contributed by atoms with Gasteiger partial charge in [0.15, 0.2) is 0 Å². The minimum atomic E-state index is -0.189. The molecular formula is C10H11ClN4O. The quantitative estimate of drug-likeness (QED) is 0.812. The maximum Gasteiger partial charge on any atom is 0.326 e. The maximum absolute atomic E-state index is 11.6. The van der Waals surface area contributed by atoms with Crippen LogP contribution in [0.15, 0.2) is 41.9 Å². The van der Waals surface area contributed by atoms with E-state index >= 15 is 0 Å². The van der Waals surface area contributed by atoms with E-state index in [1.165, 1.54) is 4.90 Å². The van der Waals surface area contributed by atoms with E-state index in [1.807, 2.05) is 0 Å². The molecule has 1 aromatic rings. The van der Waals surface area contributed by atoms with Gasteiger partial charge in [0.25, 0.3) is 0 Å². The molecule has 2 amide bonds. The van der Waals surface area contributed by atoms with Gasteiger partial charge >= 0.3 is 6.03 Å². The minimum Gasteiger partial charge on any atom is -0.306 e. The molecule has 16 heavy (non-hydrogen) atoms. The largest absolute Gasteiger partial charge is 0.326 e. The number of aliphatic imine (C=N–C) groups is 1. The Balaban J connectivity index is 0.00000128. The molecule has 1 aromatic heterocycles. The molecule has 5 nitrogen and oxygen atoms in total. The van der Waals surface area contributed by atoms with Crippen LogP contribution in [0.4, 0.5) is 10.5 Å². The predicted octanol–water partition coefficient (Wildman–Crippen LogP) is 1.89. The molecule has 0 spiro atoms. The Morgan fingerprint density at radius 1 is 1.50 bits per heavy atom. The summed E-state index contributed by atoms with van der Waals surface area (Å²) in [7, 11) is 0. The Kier molecular flexibility index (Phi) is 4.47. The van der Waals surface area contributed by atoms with Crippen LogP contribution in [-0.2, 0) is 0 Å². The number of urea groups is 1. The van der Waals surface area contributed by atoms with Gasteiger partial charge in [-0.1, -0.05) is 0 Å². The highest BCUT2D eigenvalue weighted by atomic mass is 35.5. The molecule has 0 saturated carbocycles. The lowest BCUT2D eigenvalue weighted by molar-refractivity contribution is 0.232. The number of pyridine rings is 1. The first-order chi connectivity index (χ1) is 7.36. The van der Waals surface area contributed by atoms with Gasteiger partial charge in [0, 0.05) is 24.8 Å². The van der Waals surface area contributed by atoms with Crippen molar-refractivity contribution in [1.29, 1.82) is 0 Å². The first kappa shape index (κ1) is 12.2. The predicted molar refractivity (Wildman–Crippen MR) is 64.8 cm³/mol. The van der Waals surface area contributed by atoms with Crippen molar-refractivity contribution in [1.82, 2.24) is 9.88 Å². The van der Waals surface area contributed by atoms with Gasteiger partial charge in [-0.25, -0.2) is 4.79 Å². The summed E-state index contributed by atoms with van der Waals surface area (Å²) >= 11 is 0. The molecule has 0 atom stereocenters. The summed E-state index contributed by atoms with van der Waals surface area (Å²) in [6.45, 7) is 0.489. The third kappa shape index (κ3) is 3.06. The van der Waals surface area contributed by atoms with Gasteiger partial charge in [0.1, 0.15) is 0 Å². The molecule has 0 aromatic carbocycles. The minimum absolute atomic E-state index is 0. The number of rotatable bonds is 1. The van der Waals surface area contributed by atoms with Crippen LogP contribution in [0, 0.1) is 0 Å². The lowest BCUT2D eigenvalue weighted by atomic mass is 10.4. The molecule has 0 fully saturated rings. The Morgan fingerprint density at radius 3 is 3.00 bits per heavy atom. The van der Waals surface area contributed by atoms with Gasteiger partial charge < -0.3 is 5.32 Å². The molecule has 0 bridgehead atoms. The van der Waals surface area contributed by atoms with Crippen molar-refractivity contribution in [3.63, 3.8) is 0 Å². The fourth-order valence-electron chi connectivity index (χ4n) is 1.16. The molecule has 2 heterocycles. The molecule has 0 saturated heterocycles. The molecule has 0 aliphatic carbocycles. The molecule has 1 N–H and O–H groups in total. The normalized spacial score (nSPS) is 13.1. The highest BCUT2D eigenvalue weighted by Crippen LogP contribution is 2.05. The zero-order valence-electron chi connectivity index (χ0n) is 8.41. The summed E-state index contributed by atoms with van der Waals surface area (Å²) in [5.74, 6) is 0. The fourth-order valence-corrected chi connectivity index (χ4v) is 1.16. The van der Waals surface area contributed by atoms with Gasteiger partial charge in [0.05, 0.1) is 18.4 Å². The number of amides is 2. The highest BCUT2D eigenvalue weighted by molar-refractivity contribution is 5.91. The van der Waals surface area contributed by atoms with Crippen LogP contribution in [0.2, 0.25) is 0 Å². The summed E-state index contributed by atoms with van der Waals surface area (Å²) < 4.78 is 0. The zero-order chi connectivity index (χ0) is 10.5. The molecule has 2 rings (SSSR count). The zero-order valence-corrected chi connectivity index (χ0v) is 9.22. The average Bonchev–Trinajstić information content (AvgIpc) is 2.31. The summed E-state index contributed by atoms with van der Waals surface area (Å²) in [6.07, 6.45) is 8.13. The molecule has 1 aliphatic heterocycles. The SMILES string of the molecule is Cl.O=C(Nc1cccnc1)N1C=CN=CC1. The Labute approximate surface area is 99.3 Å². The van der Waals surface area contributed by atoms with Crippen molar-refractivity contribution in [3.8, 4) is 0 Å². The molecule has 0 radical (unpaired) electrons. The number of anilines is 1. The van der Waals surface area contributed by atoms with Crippen molar-refractivity contribution in [3.05, 3.63) is 36.9 Å². The van der Waals surface area contributed by atoms with E-state index in [2.05, 4.69) is 15.3 Å². The number of hydrogen-bond acceptors (Lipinski definition) is 3. The van der Waals surface area contributed by atoms with Gasteiger partial charge in [-0.2, -0.15) is 0 Å². The van der Waals surface area contributed by atoms with Crippen LogP contribution in [0.25, 0.3) is 0 Å². The number of nitrogens with zero attached hydrogens (tertiary/aromatic N) is 3. The summed E-state index contributed by atoms with van der Waals surface area (Å²) in [5.41, 5.74) is 0.679. The van der Waals surface area contributed by atoms with E-state index in [9.17, 15) is 4.79 Å². The summed E-state index contributed by atoms with van der Waals surface area (Å²) in [6, 6.07) is 3.36. The molecular weight excluding hydrogens is 228 g/mol. The molecule has 84 valence electrons. The lowest BCUT2D eigenvalue weighted by Gasteiger charge is -2.18. The molecule has 1 aliphatic rings. The van der Waals surface area contributed by atoms with E-state index < -0.39 is 0 Å². The van der Waals surface area contributed by atoms with Crippen LogP contribution in [-0.4, -0.2) is 28.7 Å². The Bertz CT molecular complexity index is 405. The van der Waals surface area contributed by atoms with Gasteiger partial charge in [-0.3, -0.25) is 14.9 Å². The van der Waals surface area contributed by atoms with Crippen LogP contribution in [0.5, 0.6) is 0 Å². The van der Waals surface area contributed by atoms with Crippen LogP contribution in [0.1, 0.15) is 0 Å². The van der Waals surface area contributed by atoms with Gasteiger partial charge in [0.2, 0.25) is 0 Å². The molecule has 0 unspecified atom stereocenters. The Hall–Kier alpha value is -1.88. The third-order valence-electron chi connectivity index (χ3n) is 1.89. The average molecular weight is 239 g/mol. The number of aromatic nitrogens is 1. The van der Waals surface area contributed by atoms with E-state index in [1.54, 1.807) is 43.1 Å². The first-order valence-electron chi connectivity index (χ1n) is 4.52. The van der Waals surface area contributed by atoms with Gasteiger partial charge in [-0.15, -0.1) is 12.4 Å². The summed E-state index contributed by atoms with van der Waals surface area (Å²) in [5, 5.41) is 2.72. The fraction of sp³-hybridized carbons (Fsp3) is 0.100. The second-order valence-electron chi connectivity index (χ2n) is 2.95. The van der Waals surface area contributed by atoms with E-state index in [0.717, 1.165) is 0 Å². The number of halogens is 1. The second kappa shape index (κ2) is 5.87. The number of nitrogens with one attached hydrogen (secondary N) is 1. The lowest BCUT2D eigenvalue weighted by Crippen LogP contribution is -2.32. The monoisotopic (exact) mass is 238 g/mol. The van der Waals surface area contributed by atoms with Crippen molar-refractivity contribution < 1.29 is 4.79 Å². The van der Waals surface area contributed by atoms with E-state index in [-0.39, 0.29) is 18.4 Å². The number of carbonyl (C=O) groups excluding carboxylic acids is 1. The first-order valence-corrected chi connectivity index (χ1v) is 4.52. The van der Waals surface area contributed by atoms with Crippen molar-refractivity contribution in [2.45, 2.75) is 0 Å². The topological polar surface area (TPSA) is 57.6 Å². The molecule has 6 heteroatoms. The van der Waals surface area contributed by atoms with Crippen LogP contribution < -0.4 is 5.32 Å². The standard InChI is InChI=1S/C10H10N4O.ClH/c15-10(14-6-4-11-5-7-14)13-9-2-1-3-12-8-9;/h1-6,8H,7H2,(H,13,15);1H. The summed E-state index contributed by atoms with van der Waals surface area (Å²) in [4.78, 5) is 21.0. The number of carbonyl (C=O) groups is 1. The van der Waals surface area contributed by atoms with E-state index in [4.69, 9.17) is 0 Å². The maximum atomic E-state index is 11.6.